The minimum atomic E-state index is -0.142. The lowest BCUT2D eigenvalue weighted by atomic mass is 9.89. The van der Waals surface area contributed by atoms with Crippen LogP contribution in [0.5, 0.6) is 0 Å². The van der Waals surface area contributed by atoms with E-state index in [-0.39, 0.29) is 5.56 Å². The van der Waals surface area contributed by atoms with E-state index in [1.165, 1.54) is 4.88 Å². The summed E-state index contributed by atoms with van der Waals surface area (Å²) in [5.41, 5.74) is 3.35. The van der Waals surface area contributed by atoms with Crippen LogP contribution in [0.1, 0.15) is 35.2 Å². The minimum Gasteiger partial charge on any atom is -0.378 e. The number of hydrogen-bond acceptors (Lipinski definition) is 5. The van der Waals surface area contributed by atoms with Gasteiger partial charge in [-0.2, -0.15) is 5.26 Å². The van der Waals surface area contributed by atoms with Gasteiger partial charge in [0, 0.05) is 24.7 Å². The Bertz CT molecular complexity index is 1160. The molecular weight excluding hydrogens is 368 g/mol. The van der Waals surface area contributed by atoms with Crippen LogP contribution in [0.15, 0.2) is 29.1 Å². The average Bonchev–Trinajstić information content (AvgIpc) is 3.04. The van der Waals surface area contributed by atoms with Gasteiger partial charge >= 0.3 is 0 Å². The van der Waals surface area contributed by atoms with Gasteiger partial charge in [-0.3, -0.25) is 4.79 Å². The maximum absolute atomic E-state index is 12.8. The Balaban J connectivity index is 1.77. The number of aromatic nitrogens is 2. The minimum absolute atomic E-state index is 0.142. The third kappa shape index (κ3) is 3.34. The van der Waals surface area contributed by atoms with Crippen LogP contribution < -0.4 is 10.5 Å². The first kappa shape index (κ1) is 18.5. The molecule has 0 spiro atoms. The average molecular weight is 391 g/mol. The number of rotatable bonds is 3. The van der Waals surface area contributed by atoms with Crippen molar-refractivity contribution in [1.82, 2.24) is 9.97 Å². The first-order chi connectivity index (χ1) is 13.5. The summed E-state index contributed by atoms with van der Waals surface area (Å²) in [4.78, 5) is 24.3. The maximum atomic E-state index is 12.8. The number of benzene rings is 1. The quantitative estimate of drug-likeness (QED) is 0.679. The first-order valence-corrected chi connectivity index (χ1v) is 10.2. The molecule has 1 atom stereocenters. The van der Waals surface area contributed by atoms with Crippen molar-refractivity contribution in [3.8, 4) is 6.07 Å². The van der Waals surface area contributed by atoms with E-state index in [2.05, 4.69) is 23.0 Å². The Labute approximate surface area is 168 Å². The summed E-state index contributed by atoms with van der Waals surface area (Å²) in [5.74, 6) is 0.974. The fourth-order valence-corrected chi connectivity index (χ4v) is 5.05. The van der Waals surface area contributed by atoms with Crippen molar-refractivity contribution in [2.75, 3.05) is 19.0 Å². The lowest BCUT2D eigenvalue weighted by Gasteiger charge is -2.17. The van der Waals surface area contributed by atoms with Crippen molar-refractivity contribution in [2.45, 2.75) is 26.2 Å². The smallest absolute Gasteiger partial charge is 0.260 e. The number of nitrogens with one attached hydrogen (secondary N) is 1. The number of nitriles is 1. The van der Waals surface area contributed by atoms with Crippen molar-refractivity contribution in [1.29, 1.82) is 5.26 Å². The molecule has 2 aromatic heterocycles. The van der Waals surface area contributed by atoms with E-state index in [9.17, 15) is 10.1 Å². The van der Waals surface area contributed by atoms with Crippen molar-refractivity contribution in [3.63, 3.8) is 0 Å². The zero-order valence-electron chi connectivity index (χ0n) is 16.2. The van der Waals surface area contributed by atoms with Gasteiger partial charge in [-0.05, 0) is 54.5 Å². The van der Waals surface area contributed by atoms with Gasteiger partial charge in [-0.1, -0.05) is 19.1 Å². The number of hydrogen-bond donors (Lipinski definition) is 1. The number of fused-ring (bicyclic) bond motifs is 3. The van der Waals surface area contributed by atoms with Gasteiger partial charge in [0.25, 0.3) is 5.56 Å². The monoisotopic (exact) mass is 390 g/mol. The topological polar surface area (TPSA) is 72.8 Å². The Morgan fingerprint density at radius 2 is 2.11 bits per heavy atom. The fourth-order valence-electron chi connectivity index (χ4n) is 3.67. The SMILES string of the molecule is CC1CCc2c(sc3nc(/C(C#N)=C/c4ccc(N(C)C)cc4)[nH]c(=O)c23)C1. The van der Waals surface area contributed by atoms with E-state index in [4.69, 9.17) is 0 Å². The predicted octanol–water partition coefficient (Wildman–Crippen LogP) is 4.24. The standard InChI is InChI=1S/C22H22N4OS/c1-13-4-9-17-18(10-13)28-22-19(17)21(27)24-20(25-22)15(12-23)11-14-5-7-16(8-6-14)26(2)3/h5-8,11,13H,4,9-10H2,1-3H3,(H,24,25,27)/b15-11+. The van der Waals surface area contributed by atoms with Crippen LogP contribution in [0.3, 0.4) is 0 Å². The van der Waals surface area contributed by atoms with Gasteiger partial charge in [0.15, 0.2) is 5.82 Å². The van der Waals surface area contributed by atoms with Crippen LogP contribution in [-0.2, 0) is 12.8 Å². The molecule has 0 amide bonds. The molecule has 1 aromatic carbocycles. The van der Waals surface area contributed by atoms with Crippen LogP contribution in [-0.4, -0.2) is 24.1 Å². The van der Waals surface area contributed by atoms with Crippen LogP contribution >= 0.6 is 11.3 Å². The molecule has 5 nitrogen and oxygen atoms in total. The second-order valence-electron chi connectivity index (χ2n) is 7.60. The highest BCUT2D eigenvalue weighted by molar-refractivity contribution is 7.18. The van der Waals surface area contributed by atoms with E-state index in [1.54, 1.807) is 17.4 Å². The van der Waals surface area contributed by atoms with Crippen molar-refractivity contribution < 1.29 is 0 Å². The van der Waals surface area contributed by atoms with E-state index in [1.807, 2.05) is 43.3 Å². The number of aromatic amines is 1. The summed E-state index contributed by atoms with van der Waals surface area (Å²) < 4.78 is 0. The lowest BCUT2D eigenvalue weighted by Crippen LogP contribution is -2.14. The van der Waals surface area contributed by atoms with Gasteiger partial charge in [-0.25, -0.2) is 4.98 Å². The predicted molar refractivity (Wildman–Crippen MR) is 116 cm³/mol. The van der Waals surface area contributed by atoms with E-state index >= 15 is 0 Å². The van der Waals surface area contributed by atoms with Gasteiger partial charge in [0.05, 0.1) is 11.0 Å². The fraction of sp³-hybridized carbons (Fsp3) is 0.318. The molecule has 28 heavy (non-hydrogen) atoms. The molecule has 6 heteroatoms. The second kappa shape index (κ2) is 7.25. The molecule has 1 aliphatic rings. The molecule has 1 N–H and O–H groups in total. The molecule has 142 valence electrons. The van der Waals surface area contributed by atoms with Crippen molar-refractivity contribution in [3.05, 3.63) is 56.4 Å². The van der Waals surface area contributed by atoms with E-state index < -0.39 is 0 Å². The highest BCUT2D eigenvalue weighted by atomic mass is 32.1. The second-order valence-corrected chi connectivity index (χ2v) is 8.69. The zero-order valence-corrected chi connectivity index (χ0v) is 17.1. The van der Waals surface area contributed by atoms with Crippen molar-refractivity contribution in [2.24, 2.45) is 5.92 Å². The van der Waals surface area contributed by atoms with Crippen LogP contribution in [0.4, 0.5) is 5.69 Å². The molecule has 0 saturated carbocycles. The number of allylic oxidation sites excluding steroid dienone is 1. The van der Waals surface area contributed by atoms with E-state index in [0.29, 0.717) is 22.7 Å². The Morgan fingerprint density at radius 3 is 2.79 bits per heavy atom. The first-order valence-electron chi connectivity index (χ1n) is 9.40. The number of nitrogens with zero attached hydrogens (tertiary/aromatic N) is 3. The lowest BCUT2D eigenvalue weighted by molar-refractivity contribution is 0.509. The Morgan fingerprint density at radius 1 is 1.36 bits per heavy atom. The molecule has 4 rings (SSSR count). The van der Waals surface area contributed by atoms with Crippen LogP contribution in [0.25, 0.3) is 21.9 Å². The van der Waals surface area contributed by atoms with Gasteiger partial charge < -0.3 is 9.88 Å². The van der Waals surface area contributed by atoms with E-state index in [0.717, 1.165) is 40.9 Å². The Kier molecular flexibility index (Phi) is 4.78. The molecule has 1 unspecified atom stereocenters. The number of thiophene rings is 1. The molecule has 2 heterocycles. The summed E-state index contributed by atoms with van der Waals surface area (Å²) in [5, 5.41) is 10.4. The van der Waals surface area contributed by atoms with Gasteiger partial charge in [0.2, 0.25) is 0 Å². The third-order valence-corrected chi connectivity index (χ3v) is 6.41. The molecule has 0 bridgehead atoms. The molecule has 3 aromatic rings. The highest BCUT2D eigenvalue weighted by Crippen LogP contribution is 2.36. The zero-order chi connectivity index (χ0) is 19.8. The molecule has 1 aliphatic carbocycles. The summed E-state index contributed by atoms with van der Waals surface area (Å²) in [7, 11) is 3.97. The number of aryl methyl sites for hydroxylation is 1. The number of anilines is 1. The van der Waals surface area contributed by atoms with Gasteiger partial charge in [-0.15, -0.1) is 11.3 Å². The summed E-state index contributed by atoms with van der Waals surface area (Å²) in [6, 6.07) is 10.1. The largest absolute Gasteiger partial charge is 0.378 e. The summed E-state index contributed by atoms with van der Waals surface area (Å²) in [6.45, 7) is 2.24. The molecule has 0 saturated heterocycles. The molecule has 0 aliphatic heterocycles. The number of H-pyrrole nitrogens is 1. The van der Waals surface area contributed by atoms with Crippen molar-refractivity contribution >= 4 is 38.9 Å². The van der Waals surface area contributed by atoms with Crippen LogP contribution in [0.2, 0.25) is 0 Å². The van der Waals surface area contributed by atoms with Gasteiger partial charge in [0.1, 0.15) is 10.9 Å². The molecular formula is C22H22N4OS. The van der Waals surface area contributed by atoms with Crippen LogP contribution in [0, 0.1) is 17.2 Å². The summed E-state index contributed by atoms with van der Waals surface area (Å²) in [6.07, 6.45) is 4.80. The summed E-state index contributed by atoms with van der Waals surface area (Å²) >= 11 is 1.60. The molecule has 0 radical (unpaired) electrons. The molecule has 0 fully saturated rings. The highest BCUT2D eigenvalue weighted by Gasteiger charge is 2.23. The maximum Gasteiger partial charge on any atom is 0.260 e. The Hall–Kier alpha value is -2.91. The normalized spacial score (nSPS) is 16.6. The third-order valence-electron chi connectivity index (χ3n) is 5.26.